The molecule has 134 valence electrons. The van der Waals surface area contributed by atoms with E-state index in [0.29, 0.717) is 24.6 Å². The molecule has 0 aliphatic carbocycles. The maximum absolute atomic E-state index is 13.1. The maximum atomic E-state index is 13.1. The fourth-order valence-electron chi connectivity index (χ4n) is 2.04. The molecule has 0 saturated carbocycles. The van der Waals surface area contributed by atoms with E-state index in [9.17, 15) is 9.18 Å². The van der Waals surface area contributed by atoms with Gasteiger partial charge in [-0.05, 0) is 36.2 Å². The minimum atomic E-state index is -0.248. The summed E-state index contributed by atoms with van der Waals surface area (Å²) >= 11 is 0. The molecule has 0 radical (unpaired) electrons. The number of halogens is 2. The first-order chi connectivity index (χ1) is 11.7. The van der Waals surface area contributed by atoms with Gasteiger partial charge in [0.15, 0.2) is 5.96 Å². The summed E-state index contributed by atoms with van der Waals surface area (Å²) in [6, 6.07) is 9.97. The molecule has 0 atom stereocenters. The lowest BCUT2D eigenvalue weighted by Crippen LogP contribution is -2.42. The number of pyridine rings is 1. The van der Waals surface area contributed by atoms with E-state index in [2.05, 4.69) is 25.9 Å². The van der Waals surface area contributed by atoms with Gasteiger partial charge in [0, 0.05) is 19.8 Å². The van der Waals surface area contributed by atoms with E-state index in [1.54, 1.807) is 37.6 Å². The fourth-order valence-corrected chi connectivity index (χ4v) is 2.04. The highest BCUT2D eigenvalue weighted by molar-refractivity contribution is 14.0. The van der Waals surface area contributed by atoms with Crippen LogP contribution in [0.15, 0.2) is 53.8 Å². The average molecular weight is 457 g/mol. The normalized spacial score (nSPS) is 10.6. The van der Waals surface area contributed by atoms with Crippen molar-refractivity contribution in [3.8, 4) is 0 Å². The molecule has 1 heterocycles. The molecule has 0 saturated heterocycles. The van der Waals surface area contributed by atoms with Crippen LogP contribution in [0.25, 0.3) is 0 Å². The molecule has 8 heteroatoms. The molecule has 25 heavy (non-hydrogen) atoms. The Labute approximate surface area is 163 Å². The first-order valence-corrected chi connectivity index (χ1v) is 7.56. The number of nitrogens with zero attached hydrogens (tertiary/aromatic N) is 2. The third kappa shape index (κ3) is 7.92. The largest absolute Gasteiger partial charge is 0.356 e. The molecular formula is C17H21FIN5O. The van der Waals surface area contributed by atoms with Crippen molar-refractivity contribution in [2.75, 3.05) is 25.5 Å². The molecule has 0 aliphatic heterocycles. The summed E-state index contributed by atoms with van der Waals surface area (Å²) in [5.74, 6) is 0.0610. The van der Waals surface area contributed by atoms with Gasteiger partial charge in [-0.3, -0.25) is 14.8 Å². The molecule has 2 aromatic rings. The average Bonchev–Trinajstić information content (AvgIpc) is 2.59. The number of anilines is 1. The molecule has 3 N–H and O–H groups in total. The van der Waals surface area contributed by atoms with Gasteiger partial charge in [-0.15, -0.1) is 24.0 Å². The quantitative estimate of drug-likeness (QED) is 0.353. The number of carbonyl (C=O) groups excluding carboxylic acids is 1. The van der Waals surface area contributed by atoms with Crippen LogP contribution in [0, 0.1) is 5.82 Å². The van der Waals surface area contributed by atoms with Crippen LogP contribution in [-0.4, -0.2) is 37.0 Å². The Hall–Kier alpha value is -2.23. The zero-order valence-electron chi connectivity index (χ0n) is 13.8. The minimum Gasteiger partial charge on any atom is -0.356 e. The van der Waals surface area contributed by atoms with E-state index in [-0.39, 0.29) is 42.2 Å². The molecule has 0 unspecified atom stereocenters. The minimum absolute atomic E-state index is 0. The van der Waals surface area contributed by atoms with Crippen LogP contribution in [-0.2, 0) is 11.2 Å². The predicted octanol–water partition coefficient (Wildman–Crippen LogP) is 2.18. The monoisotopic (exact) mass is 457 g/mol. The van der Waals surface area contributed by atoms with Gasteiger partial charge >= 0.3 is 0 Å². The number of hydrogen-bond acceptors (Lipinski definition) is 3. The molecule has 2 rings (SSSR count). The molecular weight excluding hydrogens is 436 g/mol. The number of aliphatic imine (C=N–C) groups is 1. The molecule has 0 aliphatic rings. The van der Waals surface area contributed by atoms with E-state index in [1.807, 2.05) is 6.07 Å². The lowest BCUT2D eigenvalue weighted by molar-refractivity contribution is -0.115. The Morgan fingerprint density at radius 2 is 2.08 bits per heavy atom. The van der Waals surface area contributed by atoms with Crippen LogP contribution in [0.3, 0.4) is 0 Å². The van der Waals surface area contributed by atoms with E-state index < -0.39 is 0 Å². The van der Waals surface area contributed by atoms with Crippen molar-refractivity contribution < 1.29 is 9.18 Å². The van der Waals surface area contributed by atoms with Crippen molar-refractivity contribution >= 4 is 41.5 Å². The van der Waals surface area contributed by atoms with Crippen LogP contribution in [0.2, 0.25) is 0 Å². The highest BCUT2D eigenvalue weighted by Gasteiger charge is 2.04. The van der Waals surface area contributed by atoms with Crippen molar-refractivity contribution in [1.82, 2.24) is 15.6 Å². The first kappa shape index (κ1) is 20.8. The summed E-state index contributed by atoms with van der Waals surface area (Å²) in [6.45, 7) is 0.655. The summed E-state index contributed by atoms with van der Waals surface area (Å²) in [5, 5.41) is 8.72. The van der Waals surface area contributed by atoms with Crippen molar-refractivity contribution in [2.45, 2.75) is 6.42 Å². The summed E-state index contributed by atoms with van der Waals surface area (Å²) < 4.78 is 13.1. The highest BCUT2D eigenvalue weighted by atomic mass is 127. The zero-order valence-corrected chi connectivity index (χ0v) is 16.2. The second-order valence-electron chi connectivity index (χ2n) is 5.02. The van der Waals surface area contributed by atoms with Gasteiger partial charge in [0.2, 0.25) is 5.91 Å². The van der Waals surface area contributed by atoms with Gasteiger partial charge in [-0.2, -0.15) is 0 Å². The number of amides is 1. The van der Waals surface area contributed by atoms with Crippen LogP contribution in [0.5, 0.6) is 0 Å². The van der Waals surface area contributed by atoms with E-state index >= 15 is 0 Å². The predicted molar refractivity (Wildman–Crippen MR) is 108 cm³/mol. The zero-order chi connectivity index (χ0) is 17.2. The standard InChI is InChI=1S/C17H20FN5O.HI/c1-19-17(21-9-7-13-4-2-5-14(18)10-13)22-12-16(24)23-15-6-3-8-20-11-15;/h2-6,8,10-11H,7,9,12H2,1H3,(H,23,24)(H2,19,21,22);1H. The van der Waals surface area contributed by atoms with E-state index in [0.717, 1.165) is 5.56 Å². The number of carbonyl (C=O) groups is 1. The fraction of sp³-hybridized carbons (Fsp3) is 0.235. The Balaban J connectivity index is 0.00000312. The summed E-state index contributed by atoms with van der Waals surface area (Å²) in [4.78, 5) is 19.8. The Bertz CT molecular complexity index is 696. The Kier molecular flexibility index (Phi) is 9.45. The Morgan fingerprint density at radius 1 is 1.24 bits per heavy atom. The first-order valence-electron chi connectivity index (χ1n) is 7.56. The van der Waals surface area contributed by atoms with Gasteiger partial charge < -0.3 is 16.0 Å². The Morgan fingerprint density at radius 3 is 2.76 bits per heavy atom. The SMILES string of the molecule is CN=C(NCCc1cccc(F)c1)NCC(=O)Nc1cccnc1.I. The lowest BCUT2D eigenvalue weighted by atomic mass is 10.1. The van der Waals surface area contributed by atoms with Crippen molar-refractivity contribution in [3.05, 3.63) is 60.2 Å². The van der Waals surface area contributed by atoms with E-state index in [1.165, 1.54) is 12.1 Å². The van der Waals surface area contributed by atoms with Crippen LogP contribution in [0.1, 0.15) is 5.56 Å². The number of nitrogens with one attached hydrogen (secondary N) is 3. The molecule has 0 fully saturated rings. The van der Waals surface area contributed by atoms with E-state index in [4.69, 9.17) is 0 Å². The summed E-state index contributed by atoms with van der Waals surface area (Å²) in [6.07, 6.45) is 3.86. The number of benzene rings is 1. The number of hydrogen-bond donors (Lipinski definition) is 3. The second-order valence-corrected chi connectivity index (χ2v) is 5.02. The molecule has 1 amide bonds. The van der Waals surface area contributed by atoms with Gasteiger partial charge in [-0.25, -0.2) is 4.39 Å². The van der Waals surface area contributed by atoms with Crippen LogP contribution >= 0.6 is 24.0 Å². The van der Waals surface area contributed by atoms with Crippen molar-refractivity contribution in [3.63, 3.8) is 0 Å². The van der Waals surface area contributed by atoms with Crippen molar-refractivity contribution in [2.24, 2.45) is 4.99 Å². The van der Waals surface area contributed by atoms with Gasteiger partial charge in [0.25, 0.3) is 0 Å². The van der Waals surface area contributed by atoms with Crippen molar-refractivity contribution in [1.29, 1.82) is 0 Å². The number of guanidine groups is 1. The summed E-state index contributed by atoms with van der Waals surface area (Å²) in [5.41, 5.74) is 1.53. The molecule has 1 aromatic heterocycles. The van der Waals surface area contributed by atoms with Crippen LogP contribution in [0.4, 0.5) is 10.1 Å². The number of aromatic nitrogens is 1. The lowest BCUT2D eigenvalue weighted by Gasteiger charge is -2.12. The maximum Gasteiger partial charge on any atom is 0.243 e. The summed E-state index contributed by atoms with van der Waals surface area (Å²) in [7, 11) is 1.62. The highest BCUT2D eigenvalue weighted by Crippen LogP contribution is 2.03. The smallest absolute Gasteiger partial charge is 0.243 e. The van der Waals surface area contributed by atoms with Crippen LogP contribution < -0.4 is 16.0 Å². The third-order valence-electron chi connectivity index (χ3n) is 3.18. The third-order valence-corrected chi connectivity index (χ3v) is 3.18. The molecule has 0 spiro atoms. The number of rotatable bonds is 6. The molecule has 6 nitrogen and oxygen atoms in total. The van der Waals surface area contributed by atoms with Gasteiger partial charge in [0.1, 0.15) is 5.82 Å². The topological polar surface area (TPSA) is 78.4 Å². The second kappa shape index (κ2) is 11.3. The van der Waals surface area contributed by atoms with Gasteiger partial charge in [0.05, 0.1) is 18.4 Å². The van der Waals surface area contributed by atoms with Gasteiger partial charge in [-0.1, -0.05) is 12.1 Å². The molecule has 0 bridgehead atoms. The molecule has 1 aromatic carbocycles.